The maximum Gasteiger partial charge on any atom is 0.275 e. The summed E-state index contributed by atoms with van der Waals surface area (Å²) in [5, 5.41) is 3.03. The predicted molar refractivity (Wildman–Crippen MR) is 119 cm³/mol. The zero-order valence-electron chi connectivity index (χ0n) is 16.1. The number of rotatable bonds is 6. The number of benzene rings is 2. The highest BCUT2D eigenvalue weighted by Crippen LogP contribution is 2.21. The Hall–Kier alpha value is -2.86. The number of amides is 1. The van der Waals surface area contributed by atoms with Gasteiger partial charge in [0.15, 0.2) is 0 Å². The standard InChI is InChI=1S/C23H22BrN3O2/c1-16(17-7-3-2-4-8-17)25-22(28)10-6-14-27-21-15-18(24)11-12-19(21)26-13-5-9-20(26)23(27)29/h2-5,7-9,11-13,15-16H,6,10,14H2,1H3,(H,25,28)/t16-/m0/s1. The quantitative estimate of drug-likeness (QED) is 0.462. The Morgan fingerprint density at radius 3 is 2.62 bits per heavy atom. The van der Waals surface area contributed by atoms with Crippen molar-refractivity contribution >= 4 is 38.4 Å². The van der Waals surface area contributed by atoms with Gasteiger partial charge < -0.3 is 14.3 Å². The van der Waals surface area contributed by atoms with Crippen molar-refractivity contribution in [3.05, 3.63) is 87.3 Å². The van der Waals surface area contributed by atoms with E-state index in [1.807, 2.05) is 78.2 Å². The number of hydrogen-bond acceptors (Lipinski definition) is 2. The molecule has 0 radical (unpaired) electrons. The summed E-state index contributed by atoms with van der Waals surface area (Å²) in [5.74, 6) is -0.0105. The molecule has 1 amide bonds. The molecule has 0 aliphatic heterocycles. The molecule has 2 aromatic heterocycles. The van der Waals surface area contributed by atoms with Gasteiger partial charge in [0, 0.05) is 23.6 Å². The van der Waals surface area contributed by atoms with Crippen LogP contribution in [0.25, 0.3) is 16.6 Å². The minimum absolute atomic E-state index is 0.0105. The number of fused-ring (bicyclic) bond motifs is 3. The number of halogens is 1. The molecule has 4 rings (SSSR count). The van der Waals surface area contributed by atoms with Crippen LogP contribution in [0.5, 0.6) is 0 Å². The maximum atomic E-state index is 13.0. The molecule has 0 fully saturated rings. The monoisotopic (exact) mass is 451 g/mol. The largest absolute Gasteiger partial charge is 0.350 e. The van der Waals surface area contributed by atoms with Gasteiger partial charge in [-0.15, -0.1) is 0 Å². The van der Waals surface area contributed by atoms with Crippen molar-refractivity contribution in [2.24, 2.45) is 0 Å². The summed E-state index contributed by atoms with van der Waals surface area (Å²) in [7, 11) is 0. The van der Waals surface area contributed by atoms with Gasteiger partial charge in [-0.25, -0.2) is 0 Å². The van der Waals surface area contributed by atoms with Gasteiger partial charge in [-0.3, -0.25) is 9.59 Å². The van der Waals surface area contributed by atoms with Crippen molar-refractivity contribution in [3.63, 3.8) is 0 Å². The number of nitrogens with zero attached hydrogens (tertiary/aromatic N) is 2. The highest BCUT2D eigenvalue weighted by atomic mass is 79.9. The van der Waals surface area contributed by atoms with Crippen LogP contribution in [-0.2, 0) is 11.3 Å². The number of aryl methyl sites for hydroxylation is 1. The lowest BCUT2D eigenvalue weighted by Crippen LogP contribution is -2.27. The second-order valence-corrected chi connectivity index (χ2v) is 8.07. The first kappa shape index (κ1) is 19.5. The zero-order valence-corrected chi connectivity index (χ0v) is 17.7. The van der Waals surface area contributed by atoms with E-state index in [0.717, 1.165) is 21.1 Å². The average molecular weight is 452 g/mol. The molecule has 0 spiro atoms. The fraction of sp³-hybridized carbons (Fsp3) is 0.217. The van der Waals surface area contributed by atoms with Crippen molar-refractivity contribution in [1.29, 1.82) is 0 Å². The lowest BCUT2D eigenvalue weighted by Gasteiger charge is -2.15. The van der Waals surface area contributed by atoms with Crippen molar-refractivity contribution in [3.8, 4) is 0 Å². The SMILES string of the molecule is C[C@H](NC(=O)CCCn1c(=O)c2cccn2c2ccc(Br)cc21)c1ccccc1. The fourth-order valence-corrected chi connectivity index (χ4v) is 4.04. The summed E-state index contributed by atoms with van der Waals surface area (Å²) < 4.78 is 4.59. The van der Waals surface area contributed by atoms with Gasteiger partial charge in [0.2, 0.25) is 5.91 Å². The van der Waals surface area contributed by atoms with Crippen molar-refractivity contribution in [2.75, 3.05) is 0 Å². The van der Waals surface area contributed by atoms with Crippen molar-refractivity contribution in [2.45, 2.75) is 32.4 Å². The Labute approximate surface area is 177 Å². The number of carbonyl (C=O) groups is 1. The second-order valence-electron chi connectivity index (χ2n) is 7.16. The third-order valence-corrected chi connectivity index (χ3v) is 5.66. The Balaban J connectivity index is 1.51. The molecule has 0 aliphatic rings. The van der Waals surface area contributed by atoms with E-state index >= 15 is 0 Å². The predicted octanol–water partition coefficient (Wildman–Crippen LogP) is 4.67. The first-order valence-corrected chi connectivity index (χ1v) is 10.5. The molecule has 1 atom stereocenters. The Morgan fingerprint density at radius 2 is 1.83 bits per heavy atom. The summed E-state index contributed by atoms with van der Waals surface area (Å²) in [6.07, 6.45) is 2.85. The number of carbonyl (C=O) groups excluding carboxylic acids is 1. The van der Waals surface area contributed by atoms with Crippen LogP contribution in [0.3, 0.4) is 0 Å². The zero-order chi connectivity index (χ0) is 20.4. The van der Waals surface area contributed by atoms with Crippen molar-refractivity contribution < 1.29 is 4.79 Å². The molecule has 5 nitrogen and oxygen atoms in total. The molecule has 4 aromatic rings. The number of hydrogen-bond donors (Lipinski definition) is 1. The highest BCUT2D eigenvalue weighted by Gasteiger charge is 2.13. The lowest BCUT2D eigenvalue weighted by molar-refractivity contribution is -0.121. The molecule has 0 aliphatic carbocycles. The fourth-order valence-electron chi connectivity index (χ4n) is 3.69. The van der Waals surface area contributed by atoms with E-state index in [9.17, 15) is 9.59 Å². The molecule has 29 heavy (non-hydrogen) atoms. The molecule has 6 heteroatoms. The summed E-state index contributed by atoms with van der Waals surface area (Å²) in [5.41, 5.74) is 3.49. The third kappa shape index (κ3) is 3.98. The van der Waals surface area contributed by atoms with Crippen LogP contribution < -0.4 is 10.9 Å². The lowest BCUT2D eigenvalue weighted by atomic mass is 10.1. The summed E-state index contributed by atoms with van der Waals surface area (Å²) in [4.78, 5) is 25.4. The van der Waals surface area contributed by atoms with Gasteiger partial charge in [-0.1, -0.05) is 46.3 Å². The van der Waals surface area contributed by atoms with Crippen LogP contribution in [0.1, 0.15) is 31.4 Å². The molecular formula is C23H22BrN3O2. The van der Waals surface area contributed by atoms with Gasteiger partial charge in [0.25, 0.3) is 5.56 Å². The maximum absolute atomic E-state index is 13.0. The molecule has 0 unspecified atom stereocenters. The smallest absolute Gasteiger partial charge is 0.275 e. The first-order valence-electron chi connectivity index (χ1n) is 9.68. The van der Waals surface area contributed by atoms with Gasteiger partial charge in [0.1, 0.15) is 5.52 Å². The number of nitrogens with one attached hydrogen (secondary N) is 1. The topological polar surface area (TPSA) is 55.5 Å². The minimum atomic E-state index is -0.0429. The molecule has 0 bridgehead atoms. The van der Waals surface area contributed by atoms with Gasteiger partial charge in [-0.05, 0) is 49.2 Å². The Bertz CT molecular complexity index is 1230. The van der Waals surface area contributed by atoms with Crippen LogP contribution in [0.4, 0.5) is 0 Å². The number of aromatic nitrogens is 2. The van der Waals surface area contributed by atoms with E-state index in [1.165, 1.54) is 0 Å². The van der Waals surface area contributed by atoms with E-state index in [-0.39, 0.29) is 17.5 Å². The molecular weight excluding hydrogens is 430 g/mol. The van der Waals surface area contributed by atoms with Crippen molar-refractivity contribution in [1.82, 2.24) is 14.3 Å². The Kier molecular flexibility index (Phi) is 5.53. The van der Waals surface area contributed by atoms with E-state index in [4.69, 9.17) is 0 Å². The van der Waals surface area contributed by atoms with Crippen LogP contribution in [0, 0.1) is 0 Å². The highest BCUT2D eigenvalue weighted by molar-refractivity contribution is 9.10. The van der Waals surface area contributed by atoms with E-state index in [2.05, 4.69) is 21.2 Å². The average Bonchev–Trinajstić information content (AvgIpc) is 3.21. The molecule has 2 aromatic carbocycles. The van der Waals surface area contributed by atoms with E-state index < -0.39 is 0 Å². The van der Waals surface area contributed by atoms with E-state index in [0.29, 0.717) is 24.9 Å². The van der Waals surface area contributed by atoms with Crippen LogP contribution >= 0.6 is 15.9 Å². The minimum Gasteiger partial charge on any atom is -0.350 e. The van der Waals surface area contributed by atoms with E-state index in [1.54, 1.807) is 4.57 Å². The summed E-state index contributed by atoms with van der Waals surface area (Å²) in [6.45, 7) is 2.46. The van der Waals surface area contributed by atoms with Gasteiger partial charge >= 0.3 is 0 Å². The molecule has 2 heterocycles. The molecule has 1 N–H and O–H groups in total. The third-order valence-electron chi connectivity index (χ3n) is 5.16. The second kappa shape index (κ2) is 8.25. The summed E-state index contributed by atoms with van der Waals surface area (Å²) in [6, 6.07) is 19.5. The van der Waals surface area contributed by atoms with Gasteiger partial charge in [0.05, 0.1) is 17.1 Å². The van der Waals surface area contributed by atoms with Crippen LogP contribution in [0.2, 0.25) is 0 Å². The van der Waals surface area contributed by atoms with Gasteiger partial charge in [-0.2, -0.15) is 0 Å². The van der Waals surface area contributed by atoms with Crippen LogP contribution in [0.15, 0.2) is 76.1 Å². The first-order chi connectivity index (χ1) is 14.0. The molecule has 148 valence electrons. The molecule has 0 saturated heterocycles. The summed E-state index contributed by atoms with van der Waals surface area (Å²) >= 11 is 3.50. The molecule has 0 saturated carbocycles. The Morgan fingerprint density at radius 1 is 1.03 bits per heavy atom. The normalized spacial score (nSPS) is 12.3. The van der Waals surface area contributed by atoms with Crippen LogP contribution in [-0.4, -0.2) is 14.9 Å².